The first-order valence-electron chi connectivity index (χ1n) is 10.2. The van der Waals surface area contributed by atoms with Gasteiger partial charge in [-0.05, 0) is 59.8 Å². The number of carbonyl (C=O) groups excluding carboxylic acids is 2. The Labute approximate surface area is 206 Å². The van der Waals surface area contributed by atoms with Gasteiger partial charge in [0.2, 0.25) is 5.91 Å². The summed E-state index contributed by atoms with van der Waals surface area (Å²) in [5, 5.41) is 2.60. The van der Waals surface area contributed by atoms with E-state index in [0.717, 1.165) is 16.0 Å². The molecule has 0 fully saturated rings. The van der Waals surface area contributed by atoms with E-state index in [1.54, 1.807) is 46.6 Å². The van der Waals surface area contributed by atoms with Crippen LogP contribution in [0.5, 0.6) is 0 Å². The number of rotatable bonds is 9. The monoisotopic (exact) mass is 504 g/mol. The fourth-order valence-electron chi connectivity index (χ4n) is 3.25. The van der Waals surface area contributed by atoms with E-state index >= 15 is 0 Å². The summed E-state index contributed by atoms with van der Waals surface area (Å²) in [6.07, 6.45) is 1.56. The molecule has 0 radical (unpaired) electrons. The molecule has 4 nitrogen and oxygen atoms in total. The fraction of sp³-hybridized carbons (Fsp3) is 0.200. The normalized spacial score (nSPS) is 10.7. The van der Waals surface area contributed by atoms with Crippen LogP contribution in [0.4, 0.5) is 4.39 Å². The van der Waals surface area contributed by atoms with Crippen molar-refractivity contribution in [2.45, 2.75) is 20.0 Å². The highest BCUT2D eigenvalue weighted by Crippen LogP contribution is 2.23. The quantitative estimate of drug-likeness (QED) is 0.318. The van der Waals surface area contributed by atoms with Gasteiger partial charge in [-0.3, -0.25) is 9.59 Å². The summed E-state index contributed by atoms with van der Waals surface area (Å²) in [4.78, 5) is 30.6. The van der Waals surface area contributed by atoms with Crippen molar-refractivity contribution in [1.82, 2.24) is 9.80 Å². The van der Waals surface area contributed by atoms with E-state index in [0.29, 0.717) is 11.6 Å². The second kappa shape index (κ2) is 11.5. The molecule has 1 heterocycles. The van der Waals surface area contributed by atoms with Gasteiger partial charge in [-0.1, -0.05) is 41.4 Å². The molecule has 0 aliphatic carbocycles. The van der Waals surface area contributed by atoms with Crippen molar-refractivity contribution in [2.24, 2.45) is 0 Å². The highest BCUT2D eigenvalue weighted by molar-refractivity contribution is 7.10. The third kappa shape index (κ3) is 6.67. The molecular formula is C25H23Cl2FN2O2S. The van der Waals surface area contributed by atoms with Gasteiger partial charge in [0.25, 0.3) is 5.91 Å². The van der Waals surface area contributed by atoms with Gasteiger partial charge in [0.1, 0.15) is 12.4 Å². The summed E-state index contributed by atoms with van der Waals surface area (Å²) in [6, 6.07) is 12.6. The number of thiophene rings is 1. The van der Waals surface area contributed by atoms with Crippen molar-refractivity contribution >= 4 is 46.4 Å². The number of benzene rings is 2. The van der Waals surface area contributed by atoms with Crippen molar-refractivity contribution in [3.8, 4) is 0 Å². The zero-order chi connectivity index (χ0) is 24.0. The topological polar surface area (TPSA) is 40.6 Å². The number of hydrogen-bond acceptors (Lipinski definition) is 3. The Balaban J connectivity index is 1.84. The lowest BCUT2D eigenvalue weighted by molar-refractivity contribution is -0.133. The Kier molecular flexibility index (Phi) is 8.67. The van der Waals surface area contributed by atoms with Crippen LogP contribution in [-0.4, -0.2) is 34.7 Å². The van der Waals surface area contributed by atoms with Crippen LogP contribution < -0.4 is 0 Å². The molecule has 0 spiro atoms. The molecule has 0 saturated heterocycles. The molecule has 0 saturated carbocycles. The molecule has 1 aromatic heterocycles. The van der Waals surface area contributed by atoms with Gasteiger partial charge < -0.3 is 9.80 Å². The van der Waals surface area contributed by atoms with Crippen LogP contribution in [0.2, 0.25) is 10.0 Å². The minimum Gasteiger partial charge on any atom is -0.332 e. The minimum absolute atomic E-state index is 0.157. The molecule has 3 aromatic rings. The van der Waals surface area contributed by atoms with E-state index in [-0.39, 0.29) is 47.9 Å². The molecule has 0 unspecified atom stereocenters. The zero-order valence-corrected chi connectivity index (χ0v) is 20.4. The van der Waals surface area contributed by atoms with Crippen molar-refractivity contribution in [1.29, 1.82) is 0 Å². The number of amides is 2. The van der Waals surface area contributed by atoms with Crippen molar-refractivity contribution < 1.29 is 14.0 Å². The largest absolute Gasteiger partial charge is 0.332 e. The second-order valence-corrected chi connectivity index (χ2v) is 9.35. The van der Waals surface area contributed by atoms with Crippen LogP contribution in [0.1, 0.15) is 26.4 Å². The first kappa shape index (κ1) is 25.0. The van der Waals surface area contributed by atoms with Crippen LogP contribution in [-0.2, 0) is 17.9 Å². The molecule has 0 aliphatic heterocycles. The summed E-state index contributed by atoms with van der Waals surface area (Å²) in [5.74, 6) is -0.973. The van der Waals surface area contributed by atoms with Crippen LogP contribution in [0, 0.1) is 12.7 Å². The van der Waals surface area contributed by atoms with Crippen molar-refractivity contribution in [2.75, 3.05) is 13.1 Å². The van der Waals surface area contributed by atoms with E-state index < -0.39 is 0 Å². The molecule has 2 amide bonds. The summed E-state index contributed by atoms with van der Waals surface area (Å²) in [7, 11) is 0. The standard InChI is InChI=1S/C25H23Cl2FN2O2S/c1-3-11-29(25(32)21-9-6-19(26)13-22(21)27)16-24(31)30(15-23-17(2)10-12-33-23)14-18-4-7-20(28)8-5-18/h3-10,12-13H,1,11,14-16H2,2H3. The lowest BCUT2D eigenvalue weighted by atomic mass is 10.1. The molecule has 33 heavy (non-hydrogen) atoms. The molecule has 8 heteroatoms. The third-order valence-electron chi connectivity index (χ3n) is 5.07. The van der Waals surface area contributed by atoms with Crippen LogP contribution in [0.25, 0.3) is 0 Å². The van der Waals surface area contributed by atoms with Crippen molar-refractivity contribution in [3.63, 3.8) is 0 Å². The number of carbonyl (C=O) groups is 2. The Morgan fingerprint density at radius 2 is 1.79 bits per heavy atom. The highest BCUT2D eigenvalue weighted by atomic mass is 35.5. The van der Waals surface area contributed by atoms with Gasteiger partial charge in [-0.2, -0.15) is 0 Å². The number of halogens is 3. The van der Waals surface area contributed by atoms with E-state index in [2.05, 4.69) is 6.58 Å². The van der Waals surface area contributed by atoms with Gasteiger partial charge in [0.15, 0.2) is 0 Å². The molecule has 3 rings (SSSR count). The summed E-state index contributed by atoms with van der Waals surface area (Å²) >= 11 is 13.7. The van der Waals surface area contributed by atoms with Gasteiger partial charge in [0.05, 0.1) is 17.1 Å². The SMILES string of the molecule is C=CCN(CC(=O)N(Cc1ccc(F)cc1)Cc1sccc1C)C(=O)c1ccc(Cl)cc1Cl. The first-order chi connectivity index (χ1) is 15.8. The summed E-state index contributed by atoms with van der Waals surface area (Å²) in [6.45, 7) is 6.38. The maximum Gasteiger partial charge on any atom is 0.256 e. The van der Waals surface area contributed by atoms with Crippen molar-refractivity contribution in [3.05, 3.63) is 104 Å². The molecule has 0 atom stereocenters. The summed E-state index contributed by atoms with van der Waals surface area (Å²) in [5.41, 5.74) is 2.14. The molecule has 0 N–H and O–H groups in total. The van der Waals surface area contributed by atoms with Gasteiger partial charge in [-0.25, -0.2) is 4.39 Å². The maximum atomic E-state index is 13.4. The highest BCUT2D eigenvalue weighted by Gasteiger charge is 2.24. The summed E-state index contributed by atoms with van der Waals surface area (Å²) < 4.78 is 13.4. The second-order valence-electron chi connectivity index (χ2n) is 7.50. The van der Waals surface area contributed by atoms with E-state index in [4.69, 9.17) is 23.2 Å². The Morgan fingerprint density at radius 1 is 1.06 bits per heavy atom. The molecule has 0 bridgehead atoms. The Morgan fingerprint density at radius 3 is 2.39 bits per heavy atom. The van der Waals surface area contributed by atoms with Gasteiger partial charge in [-0.15, -0.1) is 17.9 Å². The zero-order valence-electron chi connectivity index (χ0n) is 18.1. The number of hydrogen-bond donors (Lipinski definition) is 0. The Hall–Kier alpha value is -2.67. The fourth-order valence-corrected chi connectivity index (χ4v) is 4.66. The predicted octanol–water partition coefficient (Wildman–Crippen LogP) is 6.36. The van der Waals surface area contributed by atoms with Gasteiger partial charge >= 0.3 is 0 Å². The average Bonchev–Trinajstić information content (AvgIpc) is 3.18. The molecule has 2 aromatic carbocycles. The van der Waals surface area contributed by atoms with Crippen LogP contribution in [0.15, 0.2) is 66.6 Å². The van der Waals surface area contributed by atoms with E-state index in [1.807, 2.05) is 18.4 Å². The van der Waals surface area contributed by atoms with Crippen LogP contribution in [0.3, 0.4) is 0 Å². The predicted molar refractivity (Wildman–Crippen MR) is 132 cm³/mol. The minimum atomic E-state index is -0.390. The molecule has 0 aliphatic rings. The molecular weight excluding hydrogens is 482 g/mol. The smallest absolute Gasteiger partial charge is 0.256 e. The average molecular weight is 505 g/mol. The lowest BCUT2D eigenvalue weighted by Crippen LogP contribution is -2.42. The van der Waals surface area contributed by atoms with Gasteiger partial charge in [0, 0.05) is 23.0 Å². The molecule has 172 valence electrons. The number of nitrogens with zero attached hydrogens (tertiary/aromatic N) is 2. The maximum absolute atomic E-state index is 13.4. The number of aryl methyl sites for hydroxylation is 1. The third-order valence-corrected chi connectivity index (χ3v) is 6.62. The van der Waals surface area contributed by atoms with E-state index in [1.165, 1.54) is 23.1 Å². The lowest BCUT2D eigenvalue weighted by Gasteiger charge is -2.27. The van der Waals surface area contributed by atoms with E-state index in [9.17, 15) is 14.0 Å². The Bertz CT molecular complexity index is 1150. The van der Waals surface area contributed by atoms with Crippen LogP contribution >= 0.6 is 34.5 Å². The first-order valence-corrected chi connectivity index (χ1v) is 11.8.